The van der Waals surface area contributed by atoms with Gasteiger partial charge in [0.25, 0.3) is 0 Å². The van der Waals surface area contributed by atoms with Crippen LogP contribution in [0.25, 0.3) is 10.8 Å². The summed E-state index contributed by atoms with van der Waals surface area (Å²) in [4.78, 5) is 0. The number of rotatable bonds is 2. The molecule has 16 heavy (non-hydrogen) atoms. The minimum absolute atomic E-state index is 0.0151. The number of halogens is 1. The third-order valence-corrected chi connectivity index (χ3v) is 3.92. The molecule has 1 saturated carbocycles. The highest BCUT2D eigenvalue weighted by Crippen LogP contribution is 2.49. The standard InChI is InChI=1S/C14H13BrO/c1-16-14(6-7-14)12-4-2-11-9-13(15)5-3-10(11)8-12/h2-5,8-9H,6-7H2,1H3. The van der Waals surface area contributed by atoms with Crippen molar-refractivity contribution >= 4 is 26.7 Å². The molecule has 1 aliphatic carbocycles. The molecule has 0 unspecified atom stereocenters. The summed E-state index contributed by atoms with van der Waals surface area (Å²) in [5.74, 6) is 0. The summed E-state index contributed by atoms with van der Waals surface area (Å²) >= 11 is 3.49. The van der Waals surface area contributed by atoms with Gasteiger partial charge in [0.05, 0.1) is 5.60 Å². The zero-order valence-electron chi connectivity index (χ0n) is 9.16. The fraction of sp³-hybridized carbons (Fsp3) is 0.286. The van der Waals surface area contributed by atoms with Gasteiger partial charge in [0.2, 0.25) is 0 Å². The lowest BCUT2D eigenvalue weighted by atomic mass is 10.0. The minimum Gasteiger partial charge on any atom is -0.374 e. The Bertz CT molecular complexity index is 543. The predicted octanol–water partition coefficient (Wildman–Crippen LogP) is 4.24. The molecule has 1 nitrogen and oxygen atoms in total. The fourth-order valence-corrected chi connectivity index (χ4v) is 2.60. The van der Waals surface area contributed by atoms with Crippen molar-refractivity contribution < 1.29 is 4.74 Å². The maximum Gasteiger partial charge on any atom is 0.0930 e. The van der Waals surface area contributed by atoms with E-state index in [2.05, 4.69) is 52.3 Å². The van der Waals surface area contributed by atoms with Gasteiger partial charge in [0.1, 0.15) is 0 Å². The monoisotopic (exact) mass is 276 g/mol. The van der Waals surface area contributed by atoms with Crippen LogP contribution in [-0.2, 0) is 10.3 Å². The second kappa shape index (κ2) is 3.57. The van der Waals surface area contributed by atoms with Gasteiger partial charge in [-0.1, -0.05) is 34.1 Å². The lowest BCUT2D eigenvalue weighted by molar-refractivity contribution is 0.0790. The van der Waals surface area contributed by atoms with Crippen LogP contribution in [0.5, 0.6) is 0 Å². The van der Waals surface area contributed by atoms with E-state index in [1.807, 2.05) is 0 Å². The summed E-state index contributed by atoms with van der Waals surface area (Å²) in [7, 11) is 1.80. The van der Waals surface area contributed by atoms with Crippen molar-refractivity contribution in [2.45, 2.75) is 18.4 Å². The van der Waals surface area contributed by atoms with Gasteiger partial charge in [-0.05, 0) is 47.4 Å². The summed E-state index contributed by atoms with van der Waals surface area (Å²) in [6, 6.07) is 13.0. The SMILES string of the molecule is COC1(c2ccc3cc(Br)ccc3c2)CC1. The predicted molar refractivity (Wildman–Crippen MR) is 69.6 cm³/mol. The van der Waals surface area contributed by atoms with E-state index in [1.165, 1.54) is 16.3 Å². The number of hydrogen-bond acceptors (Lipinski definition) is 1. The normalized spacial score (nSPS) is 17.6. The van der Waals surface area contributed by atoms with E-state index in [0.29, 0.717) is 0 Å². The Balaban J connectivity index is 2.13. The number of hydrogen-bond donors (Lipinski definition) is 0. The molecule has 0 atom stereocenters. The molecule has 0 aliphatic heterocycles. The Morgan fingerprint density at radius 1 is 1.06 bits per heavy atom. The summed E-state index contributed by atoms with van der Waals surface area (Å²) in [6.45, 7) is 0. The van der Waals surface area contributed by atoms with E-state index in [-0.39, 0.29) is 5.60 Å². The topological polar surface area (TPSA) is 9.23 Å². The number of methoxy groups -OCH3 is 1. The number of ether oxygens (including phenoxy) is 1. The molecule has 82 valence electrons. The molecule has 2 heteroatoms. The van der Waals surface area contributed by atoms with Gasteiger partial charge in [0.15, 0.2) is 0 Å². The summed E-state index contributed by atoms with van der Waals surface area (Å²) < 4.78 is 6.72. The van der Waals surface area contributed by atoms with Gasteiger partial charge in [0, 0.05) is 11.6 Å². The van der Waals surface area contributed by atoms with Crippen LogP contribution in [0, 0.1) is 0 Å². The molecule has 0 saturated heterocycles. The molecular formula is C14H13BrO. The van der Waals surface area contributed by atoms with Crippen molar-refractivity contribution in [1.29, 1.82) is 0 Å². The first-order chi connectivity index (χ1) is 7.73. The smallest absolute Gasteiger partial charge is 0.0930 e. The van der Waals surface area contributed by atoms with E-state index in [4.69, 9.17) is 4.74 Å². The first-order valence-corrected chi connectivity index (χ1v) is 6.28. The Morgan fingerprint density at radius 3 is 2.44 bits per heavy atom. The Labute approximate surface area is 104 Å². The van der Waals surface area contributed by atoms with Crippen molar-refractivity contribution in [2.24, 2.45) is 0 Å². The van der Waals surface area contributed by atoms with Crippen molar-refractivity contribution in [3.63, 3.8) is 0 Å². The molecule has 0 radical (unpaired) electrons. The Kier molecular flexibility index (Phi) is 2.30. The quantitative estimate of drug-likeness (QED) is 0.797. The summed E-state index contributed by atoms with van der Waals surface area (Å²) in [5.41, 5.74) is 1.33. The molecule has 2 aromatic carbocycles. The summed E-state index contributed by atoms with van der Waals surface area (Å²) in [6.07, 6.45) is 2.29. The largest absolute Gasteiger partial charge is 0.374 e. The highest BCUT2D eigenvalue weighted by molar-refractivity contribution is 9.10. The molecule has 1 fully saturated rings. The van der Waals surface area contributed by atoms with Crippen LogP contribution in [0.2, 0.25) is 0 Å². The van der Waals surface area contributed by atoms with Crippen molar-refractivity contribution in [3.8, 4) is 0 Å². The number of benzene rings is 2. The van der Waals surface area contributed by atoms with Gasteiger partial charge in [-0.25, -0.2) is 0 Å². The van der Waals surface area contributed by atoms with Crippen LogP contribution in [0.15, 0.2) is 40.9 Å². The lowest BCUT2D eigenvalue weighted by Gasteiger charge is -2.14. The minimum atomic E-state index is 0.0151. The van der Waals surface area contributed by atoms with Crippen LogP contribution in [0.1, 0.15) is 18.4 Å². The second-order valence-electron chi connectivity index (χ2n) is 4.40. The molecule has 0 aromatic heterocycles. The summed E-state index contributed by atoms with van der Waals surface area (Å²) in [5, 5.41) is 2.55. The second-order valence-corrected chi connectivity index (χ2v) is 5.32. The van der Waals surface area contributed by atoms with Gasteiger partial charge in [-0.2, -0.15) is 0 Å². The molecular weight excluding hydrogens is 264 g/mol. The molecule has 0 spiro atoms. The van der Waals surface area contributed by atoms with Gasteiger partial charge < -0.3 is 4.74 Å². The van der Waals surface area contributed by atoms with Gasteiger partial charge >= 0.3 is 0 Å². The van der Waals surface area contributed by atoms with Crippen LogP contribution in [0.4, 0.5) is 0 Å². The molecule has 1 aliphatic rings. The maximum atomic E-state index is 5.60. The Morgan fingerprint density at radius 2 is 1.75 bits per heavy atom. The first-order valence-electron chi connectivity index (χ1n) is 5.48. The van der Waals surface area contributed by atoms with E-state index in [9.17, 15) is 0 Å². The average molecular weight is 277 g/mol. The van der Waals surface area contributed by atoms with Crippen LogP contribution >= 0.6 is 15.9 Å². The fourth-order valence-electron chi connectivity index (χ4n) is 2.22. The number of fused-ring (bicyclic) bond motifs is 1. The van der Waals surface area contributed by atoms with E-state index in [0.717, 1.165) is 17.3 Å². The third-order valence-electron chi connectivity index (χ3n) is 3.42. The highest BCUT2D eigenvalue weighted by atomic mass is 79.9. The molecule has 2 aromatic rings. The van der Waals surface area contributed by atoms with Crippen molar-refractivity contribution in [2.75, 3.05) is 7.11 Å². The third kappa shape index (κ3) is 1.57. The zero-order valence-corrected chi connectivity index (χ0v) is 10.8. The van der Waals surface area contributed by atoms with Crippen LogP contribution in [0.3, 0.4) is 0 Å². The molecule has 0 heterocycles. The molecule has 0 amide bonds. The first kappa shape index (κ1) is 10.3. The van der Waals surface area contributed by atoms with E-state index in [1.54, 1.807) is 7.11 Å². The van der Waals surface area contributed by atoms with Crippen LogP contribution < -0.4 is 0 Å². The van der Waals surface area contributed by atoms with E-state index >= 15 is 0 Å². The maximum absolute atomic E-state index is 5.60. The van der Waals surface area contributed by atoms with Crippen LogP contribution in [-0.4, -0.2) is 7.11 Å². The zero-order chi connectivity index (χ0) is 11.2. The van der Waals surface area contributed by atoms with Gasteiger partial charge in [-0.3, -0.25) is 0 Å². The highest BCUT2D eigenvalue weighted by Gasteiger charge is 2.44. The molecule has 3 rings (SSSR count). The lowest BCUT2D eigenvalue weighted by Crippen LogP contribution is -2.08. The van der Waals surface area contributed by atoms with Crippen molar-refractivity contribution in [3.05, 3.63) is 46.4 Å². The average Bonchev–Trinajstić information content (AvgIpc) is 3.09. The Hall–Kier alpha value is -0.860. The molecule has 0 N–H and O–H groups in total. The van der Waals surface area contributed by atoms with Crippen molar-refractivity contribution in [1.82, 2.24) is 0 Å². The van der Waals surface area contributed by atoms with Gasteiger partial charge in [-0.15, -0.1) is 0 Å². The molecule has 0 bridgehead atoms. The van der Waals surface area contributed by atoms with E-state index < -0.39 is 0 Å².